The molecule has 46 heavy (non-hydrogen) atoms. The molecule has 4 aromatic rings. The number of benzene rings is 1. The molecule has 1 aromatic carbocycles. The Labute approximate surface area is 262 Å². The van der Waals surface area contributed by atoms with Crippen LogP contribution < -0.4 is 21.1 Å². The van der Waals surface area contributed by atoms with Gasteiger partial charge in [-0.2, -0.15) is 0 Å². The minimum Gasteiger partial charge on any atom is -0.454 e. The Morgan fingerprint density at radius 1 is 1.11 bits per heavy atom. The summed E-state index contributed by atoms with van der Waals surface area (Å²) in [7, 11) is 0. The summed E-state index contributed by atoms with van der Waals surface area (Å²) in [6, 6.07) is 6.16. The van der Waals surface area contributed by atoms with Crippen LogP contribution in [0.1, 0.15) is 24.8 Å². The molecule has 2 fully saturated rings. The monoisotopic (exact) mass is 641 g/mol. The number of hydrogen-bond donors (Lipinski definition) is 2. The molecule has 0 spiro atoms. The molecule has 2 aliphatic heterocycles. The van der Waals surface area contributed by atoms with Crippen LogP contribution in [-0.2, 0) is 16.0 Å². The number of piperidine rings is 1. The van der Waals surface area contributed by atoms with Crippen molar-refractivity contribution >= 4 is 28.8 Å². The highest BCUT2D eigenvalue weighted by atomic mass is 19.3. The van der Waals surface area contributed by atoms with Gasteiger partial charge in [-0.15, -0.1) is 0 Å². The van der Waals surface area contributed by atoms with Crippen LogP contribution in [0, 0.1) is 5.82 Å². The van der Waals surface area contributed by atoms with Crippen molar-refractivity contribution in [3.63, 3.8) is 0 Å². The first-order valence-electron chi connectivity index (χ1n) is 14.8. The number of pyridine rings is 1. The molecule has 0 aliphatic carbocycles. The van der Waals surface area contributed by atoms with Crippen LogP contribution >= 0.6 is 0 Å². The molecule has 1 amide bonds. The molecule has 6 rings (SSSR count). The van der Waals surface area contributed by atoms with Gasteiger partial charge in [0.05, 0.1) is 43.7 Å². The van der Waals surface area contributed by atoms with Gasteiger partial charge in [-0.25, -0.2) is 32.9 Å². The van der Waals surface area contributed by atoms with E-state index in [-0.39, 0.29) is 24.7 Å². The summed E-state index contributed by atoms with van der Waals surface area (Å²) in [5.41, 5.74) is 14.7. The van der Waals surface area contributed by atoms with Crippen molar-refractivity contribution in [3.05, 3.63) is 54.5 Å². The number of nitrogen functional groups attached to an aromatic ring is 1. The van der Waals surface area contributed by atoms with Gasteiger partial charge in [-0.05, 0) is 42.7 Å². The molecular weight excluding hydrogens is 607 g/mol. The lowest BCUT2D eigenvalue weighted by atomic mass is 9.86. The molecule has 3 aromatic heterocycles. The van der Waals surface area contributed by atoms with Gasteiger partial charge < -0.3 is 40.0 Å². The number of nitrogens with zero attached hydrogens (tertiary/aromatic N) is 7. The molecule has 0 radical (unpaired) electrons. The zero-order chi connectivity index (χ0) is 32.3. The number of alkyl halides is 2. The second kappa shape index (κ2) is 13.3. The fourth-order valence-electron chi connectivity index (χ4n) is 5.85. The van der Waals surface area contributed by atoms with Gasteiger partial charge in [0.25, 0.3) is 0 Å². The van der Waals surface area contributed by atoms with Gasteiger partial charge in [-0.1, -0.05) is 0 Å². The minimum absolute atomic E-state index is 0.0934. The standard InChI is InChI=1S/C30H34F3N9O4/c31-21-10-19(2-3-24(21)45-18-46-29(43)40-6-8-44-9-7-40)22-11-20(14-42-17-39-26-27(34)37-16-38-28(26)42)23(13-36-22)41-5-1-4-30(35,15-41)12-25(32)33/h2-3,10-11,13,16-17,25H,1,4-9,12,14-15,18,35H2,(H2,34,37,38)/t30-/m0/s1. The summed E-state index contributed by atoms with van der Waals surface area (Å²) >= 11 is 0. The van der Waals surface area contributed by atoms with Crippen LogP contribution in [0.5, 0.6) is 5.75 Å². The molecule has 2 saturated heterocycles. The number of amides is 1. The van der Waals surface area contributed by atoms with Crippen LogP contribution in [-0.4, -0.2) is 93.6 Å². The van der Waals surface area contributed by atoms with Crippen LogP contribution in [0.15, 0.2) is 43.1 Å². The van der Waals surface area contributed by atoms with E-state index in [1.54, 1.807) is 23.2 Å². The maximum absolute atomic E-state index is 15.2. The number of morpholine rings is 1. The first kappa shape index (κ1) is 31.3. The van der Waals surface area contributed by atoms with Crippen molar-refractivity contribution in [2.75, 3.05) is 56.8 Å². The van der Waals surface area contributed by atoms with Gasteiger partial charge in [0.1, 0.15) is 11.8 Å². The Morgan fingerprint density at radius 2 is 1.93 bits per heavy atom. The molecule has 0 saturated carbocycles. The smallest absolute Gasteiger partial charge is 0.412 e. The maximum atomic E-state index is 15.2. The third kappa shape index (κ3) is 6.92. The van der Waals surface area contributed by atoms with Crippen molar-refractivity contribution in [1.82, 2.24) is 29.4 Å². The molecule has 0 unspecified atom stereocenters. The third-order valence-corrected chi connectivity index (χ3v) is 8.14. The van der Waals surface area contributed by atoms with Gasteiger partial charge >= 0.3 is 6.09 Å². The van der Waals surface area contributed by atoms with Crippen molar-refractivity contribution in [3.8, 4) is 17.0 Å². The molecule has 5 heterocycles. The molecule has 2 aliphatic rings. The zero-order valence-electron chi connectivity index (χ0n) is 24.9. The summed E-state index contributed by atoms with van der Waals surface area (Å²) in [5, 5.41) is 0. The summed E-state index contributed by atoms with van der Waals surface area (Å²) in [6.07, 6.45) is 2.22. The van der Waals surface area contributed by atoms with E-state index in [1.165, 1.54) is 23.4 Å². The van der Waals surface area contributed by atoms with Crippen molar-refractivity contribution in [2.45, 2.75) is 37.8 Å². The number of halogens is 3. The number of anilines is 2. The van der Waals surface area contributed by atoms with Gasteiger partial charge in [-0.3, -0.25) is 4.98 Å². The molecule has 0 bridgehead atoms. The van der Waals surface area contributed by atoms with Gasteiger partial charge in [0, 0.05) is 43.7 Å². The Balaban J connectivity index is 1.25. The molecule has 244 valence electrons. The average Bonchev–Trinajstić information content (AvgIpc) is 3.45. The summed E-state index contributed by atoms with van der Waals surface area (Å²) in [5.74, 6) is -0.524. The minimum atomic E-state index is -2.52. The number of hydrogen-bond acceptors (Lipinski definition) is 11. The molecule has 13 nitrogen and oxygen atoms in total. The van der Waals surface area contributed by atoms with Crippen molar-refractivity contribution in [1.29, 1.82) is 0 Å². The number of carbonyl (C=O) groups is 1. The van der Waals surface area contributed by atoms with E-state index in [0.29, 0.717) is 73.8 Å². The fourth-order valence-corrected chi connectivity index (χ4v) is 5.85. The van der Waals surface area contributed by atoms with E-state index in [9.17, 15) is 13.6 Å². The highest BCUT2D eigenvalue weighted by Crippen LogP contribution is 2.34. The van der Waals surface area contributed by atoms with Crippen molar-refractivity contribution < 1.29 is 32.2 Å². The largest absolute Gasteiger partial charge is 0.454 e. The molecule has 16 heteroatoms. The normalized spacial score (nSPS) is 18.7. The number of nitrogens with two attached hydrogens (primary N) is 2. The van der Waals surface area contributed by atoms with Crippen LogP contribution in [0.25, 0.3) is 22.4 Å². The number of ether oxygens (including phenoxy) is 3. The zero-order valence-corrected chi connectivity index (χ0v) is 24.9. The van der Waals surface area contributed by atoms with E-state index >= 15 is 4.39 Å². The highest BCUT2D eigenvalue weighted by molar-refractivity contribution is 5.81. The predicted molar refractivity (Wildman–Crippen MR) is 162 cm³/mol. The Morgan fingerprint density at radius 3 is 2.72 bits per heavy atom. The van der Waals surface area contributed by atoms with Gasteiger partial charge in [0.2, 0.25) is 13.2 Å². The Hall–Kier alpha value is -4.70. The first-order valence-corrected chi connectivity index (χ1v) is 14.8. The van der Waals surface area contributed by atoms with Gasteiger partial charge in [0.15, 0.2) is 23.0 Å². The second-order valence-electron chi connectivity index (χ2n) is 11.4. The van der Waals surface area contributed by atoms with Crippen molar-refractivity contribution in [2.24, 2.45) is 5.73 Å². The van der Waals surface area contributed by atoms with Crippen LogP contribution in [0.4, 0.5) is 29.5 Å². The Bertz CT molecular complexity index is 1700. The molecule has 4 N–H and O–H groups in total. The summed E-state index contributed by atoms with van der Waals surface area (Å²) < 4.78 is 59.4. The lowest BCUT2D eigenvalue weighted by Crippen LogP contribution is -2.55. The van der Waals surface area contributed by atoms with E-state index in [0.717, 1.165) is 5.56 Å². The summed E-state index contributed by atoms with van der Waals surface area (Å²) in [4.78, 5) is 32.9. The van der Waals surface area contributed by atoms with E-state index in [2.05, 4.69) is 19.9 Å². The number of imidazole rings is 1. The molecule has 1 atom stereocenters. The lowest BCUT2D eigenvalue weighted by Gasteiger charge is -2.42. The molecular formula is C30H34F3N9O4. The third-order valence-electron chi connectivity index (χ3n) is 8.14. The first-order chi connectivity index (χ1) is 22.2. The fraction of sp³-hybridized carbons (Fsp3) is 0.433. The van der Waals surface area contributed by atoms with E-state index in [1.807, 2.05) is 11.0 Å². The SMILES string of the molecule is Nc1ncnc2c1ncn2Cc1cc(-c2ccc(OCOC(=O)N3CCOCC3)c(F)c2)ncc1N1CCC[C@](N)(CC(F)F)C1. The van der Waals surface area contributed by atoms with Crippen LogP contribution in [0.3, 0.4) is 0 Å². The average molecular weight is 642 g/mol. The highest BCUT2D eigenvalue weighted by Gasteiger charge is 2.35. The second-order valence-corrected chi connectivity index (χ2v) is 11.4. The predicted octanol–water partition coefficient (Wildman–Crippen LogP) is 3.42. The van der Waals surface area contributed by atoms with E-state index < -0.39 is 37.1 Å². The quantitative estimate of drug-likeness (QED) is 0.258. The lowest BCUT2D eigenvalue weighted by molar-refractivity contribution is 0.000700. The Kier molecular flexibility index (Phi) is 9.08. The summed E-state index contributed by atoms with van der Waals surface area (Å²) in [6.45, 7) is 2.32. The number of carbonyl (C=O) groups excluding carboxylic acids is 1. The number of aromatic nitrogens is 5. The van der Waals surface area contributed by atoms with E-state index in [4.69, 9.17) is 25.7 Å². The number of rotatable bonds is 9. The van der Waals surface area contributed by atoms with Crippen LogP contribution in [0.2, 0.25) is 0 Å². The maximum Gasteiger partial charge on any atom is 0.412 e. The number of fused-ring (bicyclic) bond motifs is 1. The topological polar surface area (TPSA) is 160 Å².